The molecule has 0 atom stereocenters. The van der Waals surface area contributed by atoms with E-state index in [1.165, 1.54) is 24.4 Å². The summed E-state index contributed by atoms with van der Waals surface area (Å²) in [5, 5.41) is 14.3. The molecule has 3 rings (SSSR count). The van der Waals surface area contributed by atoms with Gasteiger partial charge in [-0.25, -0.2) is 23.0 Å². The van der Waals surface area contributed by atoms with Crippen molar-refractivity contribution in [2.75, 3.05) is 11.6 Å². The quantitative estimate of drug-likeness (QED) is 0.495. The monoisotopic (exact) mass is 455 g/mol. The Kier molecular flexibility index (Phi) is 6.74. The SMILES string of the molecule is Cc1cc(CNC(=O)Nc2cccc(S(C)(=O)=O)c2)ccc1Oc1ccnc(C(=O)O)c1. The number of aromatic carboxylic acids is 1. The maximum absolute atomic E-state index is 12.2. The first-order chi connectivity index (χ1) is 15.1. The molecule has 0 saturated heterocycles. The molecule has 10 heteroatoms. The molecule has 0 spiro atoms. The number of sulfone groups is 1. The van der Waals surface area contributed by atoms with Gasteiger partial charge < -0.3 is 20.5 Å². The normalized spacial score (nSPS) is 10.9. The summed E-state index contributed by atoms with van der Waals surface area (Å²) in [4.78, 5) is 27.1. The molecular weight excluding hydrogens is 434 g/mol. The summed E-state index contributed by atoms with van der Waals surface area (Å²) in [5.74, 6) is -0.254. The van der Waals surface area contributed by atoms with Crippen LogP contribution in [0.1, 0.15) is 21.6 Å². The van der Waals surface area contributed by atoms with E-state index in [2.05, 4.69) is 15.6 Å². The van der Waals surface area contributed by atoms with E-state index in [0.29, 0.717) is 17.2 Å². The highest BCUT2D eigenvalue weighted by atomic mass is 32.2. The fourth-order valence-corrected chi connectivity index (χ4v) is 3.48. The lowest BCUT2D eigenvalue weighted by Crippen LogP contribution is -2.28. The van der Waals surface area contributed by atoms with Crippen molar-refractivity contribution in [1.29, 1.82) is 0 Å². The van der Waals surface area contributed by atoms with Gasteiger partial charge in [-0.3, -0.25) is 0 Å². The fraction of sp³-hybridized carbons (Fsp3) is 0.136. The Bertz CT molecular complexity index is 1270. The van der Waals surface area contributed by atoms with Gasteiger partial charge in [-0.05, 0) is 48.4 Å². The van der Waals surface area contributed by atoms with Crippen LogP contribution in [0.2, 0.25) is 0 Å². The summed E-state index contributed by atoms with van der Waals surface area (Å²) < 4.78 is 29.0. The maximum Gasteiger partial charge on any atom is 0.354 e. The molecule has 32 heavy (non-hydrogen) atoms. The van der Waals surface area contributed by atoms with Crippen LogP contribution in [-0.2, 0) is 16.4 Å². The molecule has 9 nitrogen and oxygen atoms in total. The van der Waals surface area contributed by atoms with Crippen LogP contribution in [0.5, 0.6) is 11.5 Å². The van der Waals surface area contributed by atoms with Crippen molar-refractivity contribution >= 4 is 27.5 Å². The number of amides is 2. The van der Waals surface area contributed by atoms with Crippen LogP contribution in [0, 0.1) is 6.92 Å². The zero-order valence-corrected chi connectivity index (χ0v) is 18.1. The molecule has 2 amide bonds. The Morgan fingerprint density at radius 1 is 1.09 bits per heavy atom. The molecule has 0 bridgehead atoms. The number of rotatable bonds is 7. The zero-order chi connectivity index (χ0) is 23.3. The first-order valence-electron chi connectivity index (χ1n) is 9.43. The lowest BCUT2D eigenvalue weighted by Gasteiger charge is -2.12. The van der Waals surface area contributed by atoms with Crippen LogP contribution in [0.3, 0.4) is 0 Å². The summed E-state index contributed by atoms with van der Waals surface area (Å²) in [5.41, 5.74) is 1.85. The smallest absolute Gasteiger partial charge is 0.354 e. The third-order valence-electron chi connectivity index (χ3n) is 4.39. The highest BCUT2D eigenvalue weighted by Crippen LogP contribution is 2.26. The number of nitrogens with one attached hydrogen (secondary N) is 2. The van der Waals surface area contributed by atoms with E-state index in [4.69, 9.17) is 9.84 Å². The summed E-state index contributed by atoms with van der Waals surface area (Å²) >= 11 is 0. The number of carbonyl (C=O) groups excluding carboxylic acids is 1. The Morgan fingerprint density at radius 2 is 1.88 bits per heavy atom. The van der Waals surface area contributed by atoms with Gasteiger partial charge in [-0.15, -0.1) is 0 Å². The third kappa shape index (κ3) is 6.05. The zero-order valence-electron chi connectivity index (χ0n) is 17.3. The van der Waals surface area contributed by atoms with Gasteiger partial charge in [0.1, 0.15) is 11.5 Å². The number of benzene rings is 2. The first kappa shape index (κ1) is 22.8. The molecule has 0 unspecified atom stereocenters. The van der Waals surface area contributed by atoms with Crippen molar-refractivity contribution in [2.24, 2.45) is 0 Å². The minimum absolute atomic E-state index is 0.117. The summed E-state index contributed by atoms with van der Waals surface area (Å²) in [6.07, 6.45) is 2.46. The second-order valence-corrected chi connectivity index (χ2v) is 9.01. The number of aryl methyl sites for hydroxylation is 1. The molecule has 0 aliphatic rings. The molecule has 0 aliphatic heterocycles. The van der Waals surface area contributed by atoms with Gasteiger partial charge in [0.15, 0.2) is 15.5 Å². The van der Waals surface area contributed by atoms with Gasteiger partial charge in [-0.2, -0.15) is 0 Å². The molecule has 0 fully saturated rings. The van der Waals surface area contributed by atoms with Crippen LogP contribution in [-0.4, -0.2) is 36.8 Å². The van der Waals surface area contributed by atoms with Crippen molar-refractivity contribution in [1.82, 2.24) is 10.3 Å². The van der Waals surface area contributed by atoms with Crippen LogP contribution in [0.25, 0.3) is 0 Å². The number of anilines is 1. The average molecular weight is 455 g/mol. The molecule has 0 radical (unpaired) electrons. The molecule has 3 N–H and O–H groups in total. The van der Waals surface area contributed by atoms with Crippen LogP contribution in [0.4, 0.5) is 10.5 Å². The Morgan fingerprint density at radius 3 is 2.56 bits per heavy atom. The molecule has 166 valence electrons. The number of aromatic nitrogens is 1. The minimum Gasteiger partial charge on any atom is -0.477 e. The van der Waals surface area contributed by atoms with Crippen molar-refractivity contribution in [3.63, 3.8) is 0 Å². The topological polar surface area (TPSA) is 135 Å². The Labute approximate surface area is 185 Å². The van der Waals surface area contributed by atoms with Crippen LogP contribution < -0.4 is 15.4 Å². The number of ether oxygens (including phenoxy) is 1. The lowest BCUT2D eigenvalue weighted by molar-refractivity contribution is 0.0690. The van der Waals surface area contributed by atoms with Gasteiger partial charge in [0, 0.05) is 30.8 Å². The molecule has 1 aromatic heterocycles. The molecule has 0 saturated carbocycles. The molecular formula is C22H21N3O6S. The molecule has 2 aromatic carbocycles. The summed E-state index contributed by atoms with van der Waals surface area (Å²) in [6.45, 7) is 2.06. The van der Waals surface area contributed by atoms with Crippen molar-refractivity contribution in [3.05, 3.63) is 77.6 Å². The van der Waals surface area contributed by atoms with Crippen molar-refractivity contribution in [2.45, 2.75) is 18.4 Å². The number of carboxylic acids is 1. The number of pyridine rings is 1. The van der Waals surface area contributed by atoms with Crippen LogP contribution >= 0.6 is 0 Å². The van der Waals surface area contributed by atoms with E-state index >= 15 is 0 Å². The van der Waals surface area contributed by atoms with E-state index < -0.39 is 21.8 Å². The summed E-state index contributed by atoms with van der Waals surface area (Å²) in [7, 11) is -3.37. The van der Waals surface area contributed by atoms with E-state index in [1.54, 1.807) is 30.3 Å². The third-order valence-corrected chi connectivity index (χ3v) is 5.50. The number of carbonyl (C=O) groups is 2. The minimum atomic E-state index is -3.37. The largest absolute Gasteiger partial charge is 0.477 e. The van der Waals surface area contributed by atoms with Gasteiger partial charge in [0.25, 0.3) is 0 Å². The Balaban J connectivity index is 1.60. The number of hydrogen-bond acceptors (Lipinski definition) is 6. The lowest BCUT2D eigenvalue weighted by atomic mass is 10.1. The van der Waals surface area contributed by atoms with E-state index in [9.17, 15) is 18.0 Å². The maximum atomic E-state index is 12.2. The molecule has 3 aromatic rings. The van der Waals surface area contributed by atoms with Gasteiger partial charge >= 0.3 is 12.0 Å². The predicted octanol–water partition coefficient (Wildman–Crippen LogP) is 3.61. The standard InChI is InChI=1S/C22H21N3O6S/c1-14-10-15(6-7-20(14)31-17-8-9-23-19(12-17)21(26)27)13-24-22(28)25-16-4-3-5-18(11-16)32(2,29)30/h3-12H,13H2,1-2H3,(H,26,27)(H2,24,25,28). The fourth-order valence-electron chi connectivity index (χ4n) is 2.82. The number of urea groups is 1. The second kappa shape index (κ2) is 9.48. The second-order valence-electron chi connectivity index (χ2n) is 6.99. The predicted molar refractivity (Wildman–Crippen MR) is 118 cm³/mol. The highest BCUT2D eigenvalue weighted by Gasteiger charge is 2.10. The number of carboxylic acid groups (broad SMARTS) is 1. The first-order valence-corrected chi connectivity index (χ1v) is 11.3. The van der Waals surface area contributed by atoms with Crippen molar-refractivity contribution < 1.29 is 27.9 Å². The number of hydrogen-bond donors (Lipinski definition) is 3. The van der Waals surface area contributed by atoms with Crippen LogP contribution in [0.15, 0.2) is 65.7 Å². The Hall–Kier alpha value is -3.92. The van der Waals surface area contributed by atoms with Gasteiger partial charge in [0.2, 0.25) is 0 Å². The summed E-state index contributed by atoms with van der Waals surface area (Å²) in [6, 6.07) is 13.7. The van der Waals surface area contributed by atoms with Gasteiger partial charge in [0.05, 0.1) is 4.90 Å². The molecule has 0 aliphatic carbocycles. The van der Waals surface area contributed by atoms with Gasteiger partial charge in [-0.1, -0.05) is 18.2 Å². The van der Waals surface area contributed by atoms with E-state index in [-0.39, 0.29) is 17.1 Å². The molecule has 1 heterocycles. The van der Waals surface area contributed by atoms with E-state index in [1.807, 2.05) is 13.0 Å². The number of nitrogens with zero attached hydrogens (tertiary/aromatic N) is 1. The van der Waals surface area contributed by atoms with E-state index in [0.717, 1.165) is 17.4 Å². The highest BCUT2D eigenvalue weighted by molar-refractivity contribution is 7.90. The average Bonchev–Trinajstić information content (AvgIpc) is 2.74. The van der Waals surface area contributed by atoms with Crippen molar-refractivity contribution in [3.8, 4) is 11.5 Å².